The standard InChI is InChI=1S/C12H17N3O2/c1-7-10(6-14-8(2)15-7)9-3-4-13-5-11(9)12(16)17/h6,9,11,13H,3-5H2,1-2H3,(H,16,17). The van der Waals surface area contributed by atoms with Gasteiger partial charge in [0.1, 0.15) is 5.82 Å². The van der Waals surface area contributed by atoms with Crippen LogP contribution in [-0.4, -0.2) is 34.1 Å². The maximum Gasteiger partial charge on any atom is 0.308 e. The number of carboxylic acid groups (broad SMARTS) is 1. The second kappa shape index (κ2) is 4.79. The van der Waals surface area contributed by atoms with E-state index in [1.165, 1.54) is 0 Å². The number of nitrogens with one attached hydrogen (secondary N) is 1. The Morgan fingerprint density at radius 1 is 1.53 bits per heavy atom. The number of aromatic nitrogens is 2. The molecule has 2 N–H and O–H groups in total. The number of nitrogens with zero attached hydrogens (tertiary/aromatic N) is 2. The molecule has 1 aliphatic rings. The van der Waals surface area contributed by atoms with E-state index >= 15 is 0 Å². The molecule has 1 aromatic heterocycles. The van der Waals surface area contributed by atoms with Gasteiger partial charge in [-0.25, -0.2) is 9.97 Å². The van der Waals surface area contributed by atoms with Gasteiger partial charge >= 0.3 is 5.97 Å². The van der Waals surface area contributed by atoms with Gasteiger partial charge in [-0.3, -0.25) is 4.79 Å². The number of rotatable bonds is 2. The van der Waals surface area contributed by atoms with Crippen LogP contribution in [0.1, 0.15) is 29.4 Å². The zero-order chi connectivity index (χ0) is 12.4. The van der Waals surface area contributed by atoms with E-state index in [1.807, 2.05) is 13.8 Å². The monoisotopic (exact) mass is 235 g/mol. The maximum absolute atomic E-state index is 11.2. The van der Waals surface area contributed by atoms with Crippen LogP contribution in [0.3, 0.4) is 0 Å². The average molecular weight is 235 g/mol. The summed E-state index contributed by atoms with van der Waals surface area (Å²) < 4.78 is 0. The van der Waals surface area contributed by atoms with Gasteiger partial charge in [-0.15, -0.1) is 0 Å². The van der Waals surface area contributed by atoms with Crippen molar-refractivity contribution >= 4 is 5.97 Å². The minimum Gasteiger partial charge on any atom is -0.481 e. The Morgan fingerprint density at radius 3 is 2.94 bits per heavy atom. The molecule has 0 amide bonds. The van der Waals surface area contributed by atoms with Gasteiger partial charge in [-0.2, -0.15) is 0 Å². The molecule has 0 radical (unpaired) electrons. The molecule has 1 aromatic rings. The molecular formula is C12H17N3O2. The highest BCUT2D eigenvalue weighted by molar-refractivity contribution is 5.72. The number of piperidine rings is 1. The fraction of sp³-hybridized carbons (Fsp3) is 0.583. The Morgan fingerprint density at radius 2 is 2.29 bits per heavy atom. The smallest absolute Gasteiger partial charge is 0.308 e. The second-order valence-electron chi connectivity index (χ2n) is 4.50. The lowest BCUT2D eigenvalue weighted by molar-refractivity contribution is -0.142. The minimum absolute atomic E-state index is 0.0225. The number of aliphatic carboxylic acids is 1. The molecule has 2 rings (SSSR count). The lowest BCUT2D eigenvalue weighted by Gasteiger charge is -2.30. The molecule has 0 bridgehead atoms. The highest BCUT2D eigenvalue weighted by Crippen LogP contribution is 2.31. The topological polar surface area (TPSA) is 75.1 Å². The van der Waals surface area contributed by atoms with Gasteiger partial charge < -0.3 is 10.4 Å². The van der Waals surface area contributed by atoms with E-state index < -0.39 is 5.97 Å². The number of carbonyl (C=O) groups is 1. The molecular weight excluding hydrogens is 218 g/mol. The second-order valence-corrected chi connectivity index (χ2v) is 4.50. The van der Waals surface area contributed by atoms with Crippen LogP contribution in [0, 0.1) is 19.8 Å². The summed E-state index contributed by atoms with van der Waals surface area (Å²) in [5, 5.41) is 12.4. The van der Waals surface area contributed by atoms with E-state index in [0.29, 0.717) is 6.54 Å². The maximum atomic E-state index is 11.2. The predicted molar refractivity (Wildman–Crippen MR) is 62.9 cm³/mol. The van der Waals surface area contributed by atoms with E-state index in [-0.39, 0.29) is 11.8 Å². The van der Waals surface area contributed by atoms with Gasteiger partial charge in [-0.1, -0.05) is 0 Å². The van der Waals surface area contributed by atoms with Gasteiger partial charge in [0.15, 0.2) is 0 Å². The van der Waals surface area contributed by atoms with Crippen LogP contribution in [-0.2, 0) is 4.79 Å². The molecule has 5 heteroatoms. The third-order valence-corrected chi connectivity index (χ3v) is 3.34. The fourth-order valence-electron chi connectivity index (χ4n) is 2.45. The van der Waals surface area contributed by atoms with Gasteiger partial charge in [-0.05, 0) is 32.4 Å². The molecule has 0 aliphatic carbocycles. The number of carboxylic acids is 1. The number of hydrogen-bond donors (Lipinski definition) is 2. The lowest BCUT2D eigenvalue weighted by Crippen LogP contribution is -2.40. The molecule has 1 aliphatic heterocycles. The predicted octanol–water partition coefficient (Wildman–Crippen LogP) is 0.871. The van der Waals surface area contributed by atoms with Crippen LogP contribution in [0.5, 0.6) is 0 Å². The Labute approximate surface area is 100 Å². The molecule has 5 nitrogen and oxygen atoms in total. The van der Waals surface area contributed by atoms with Crippen molar-refractivity contribution < 1.29 is 9.90 Å². The Hall–Kier alpha value is -1.49. The number of aryl methyl sites for hydroxylation is 2. The van der Waals surface area contributed by atoms with Crippen molar-refractivity contribution in [2.24, 2.45) is 5.92 Å². The van der Waals surface area contributed by atoms with Gasteiger partial charge in [0.2, 0.25) is 0 Å². The summed E-state index contributed by atoms with van der Waals surface area (Å²) in [5.74, 6) is -0.377. The van der Waals surface area contributed by atoms with E-state index in [2.05, 4.69) is 15.3 Å². The SMILES string of the molecule is Cc1ncc(C2CCNCC2C(=O)O)c(C)n1. The fourth-order valence-corrected chi connectivity index (χ4v) is 2.45. The van der Waals surface area contributed by atoms with Crippen molar-refractivity contribution in [1.29, 1.82) is 0 Å². The zero-order valence-corrected chi connectivity index (χ0v) is 10.1. The minimum atomic E-state index is -0.748. The van der Waals surface area contributed by atoms with Crippen LogP contribution >= 0.6 is 0 Å². The molecule has 0 aromatic carbocycles. The third kappa shape index (κ3) is 2.44. The molecule has 2 heterocycles. The Balaban J connectivity index is 2.32. The molecule has 0 saturated carbocycles. The third-order valence-electron chi connectivity index (χ3n) is 3.34. The largest absolute Gasteiger partial charge is 0.481 e. The van der Waals surface area contributed by atoms with Crippen LogP contribution in [0.25, 0.3) is 0 Å². The van der Waals surface area contributed by atoms with E-state index in [9.17, 15) is 9.90 Å². The first-order chi connectivity index (χ1) is 8.09. The van der Waals surface area contributed by atoms with Crippen LogP contribution in [0.15, 0.2) is 6.20 Å². The highest BCUT2D eigenvalue weighted by atomic mass is 16.4. The van der Waals surface area contributed by atoms with Gasteiger partial charge in [0.25, 0.3) is 0 Å². The van der Waals surface area contributed by atoms with Crippen molar-refractivity contribution in [1.82, 2.24) is 15.3 Å². The summed E-state index contributed by atoms with van der Waals surface area (Å²) in [6.45, 7) is 5.13. The molecule has 1 saturated heterocycles. The summed E-state index contributed by atoms with van der Waals surface area (Å²) in [5.41, 5.74) is 1.88. The average Bonchev–Trinajstić information content (AvgIpc) is 2.29. The molecule has 17 heavy (non-hydrogen) atoms. The summed E-state index contributed by atoms with van der Waals surface area (Å²) >= 11 is 0. The molecule has 2 unspecified atom stereocenters. The van der Waals surface area contributed by atoms with Gasteiger partial charge in [0.05, 0.1) is 5.92 Å². The first kappa shape index (κ1) is 12.0. The first-order valence-electron chi connectivity index (χ1n) is 5.83. The molecule has 2 atom stereocenters. The van der Waals surface area contributed by atoms with Crippen molar-refractivity contribution in [2.45, 2.75) is 26.2 Å². The van der Waals surface area contributed by atoms with Crippen molar-refractivity contribution in [3.63, 3.8) is 0 Å². The summed E-state index contributed by atoms with van der Waals surface area (Å²) in [7, 11) is 0. The Bertz CT molecular complexity index is 434. The summed E-state index contributed by atoms with van der Waals surface area (Å²) in [6, 6.07) is 0. The zero-order valence-electron chi connectivity index (χ0n) is 10.1. The first-order valence-corrected chi connectivity index (χ1v) is 5.83. The van der Waals surface area contributed by atoms with Crippen molar-refractivity contribution in [3.05, 3.63) is 23.3 Å². The molecule has 92 valence electrons. The quantitative estimate of drug-likeness (QED) is 0.795. The summed E-state index contributed by atoms with van der Waals surface area (Å²) in [6.07, 6.45) is 2.60. The van der Waals surface area contributed by atoms with E-state index in [0.717, 1.165) is 30.0 Å². The number of hydrogen-bond acceptors (Lipinski definition) is 4. The lowest BCUT2D eigenvalue weighted by atomic mass is 9.81. The van der Waals surface area contributed by atoms with Gasteiger partial charge in [0, 0.05) is 24.4 Å². The van der Waals surface area contributed by atoms with Crippen LogP contribution in [0.4, 0.5) is 0 Å². The van der Waals surface area contributed by atoms with Crippen LogP contribution < -0.4 is 5.32 Å². The normalized spacial score (nSPS) is 24.6. The van der Waals surface area contributed by atoms with Crippen molar-refractivity contribution in [3.8, 4) is 0 Å². The van der Waals surface area contributed by atoms with E-state index in [4.69, 9.17) is 0 Å². The molecule has 0 spiro atoms. The van der Waals surface area contributed by atoms with Crippen LogP contribution in [0.2, 0.25) is 0 Å². The highest BCUT2D eigenvalue weighted by Gasteiger charge is 2.33. The van der Waals surface area contributed by atoms with E-state index in [1.54, 1.807) is 6.20 Å². The molecule has 1 fully saturated rings. The van der Waals surface area contributed by atoms with Crippen molar-refractivity contribution in [2.75, 3.05) is 13.1 Å². The Kier molecular flexibility index (Phi) is 3.38. The summed E-state index contributed by atoms with van der Waals surface area (Å²) in [4.78, 5) is 19.7.